The van der Waals surface area contributed by atoms with Crippen LogP contribution in [0.3, 0.4) is 0 Å². The van der Waals surface area contributed by atoms with E-state index in [-0.39, 0.29) is 23.5 Å². The number of carbonyl (C=O) groups is 1. The molecule has 128 valence electrons. The van der Waals surface area contributed by atoms with Crippen LogP contribution in [-0.4, -0.2) is 16.0 Å². The predicted octanol–water partition coefficient (Wildman–Crippen LogP) is 4.45. The van der Waals surface area contributed by atoms with Crippen LogP contribution in [0.4, 0.5) is 4.39 Å². The minimum atomic E-state index is -0.310. The number of phenols is 1. The molecule has 3 aromatic rings. The number of halogens is 1. The van der Waals surface area contributed by atoms with Gasteiger partial charge in [-0.1, -0.05) is 12.1 Å². The van der Waals surface area contributed by atoms with Crippen LogP contribution in [0.5, 0.6) is 5.75 Å². The van der Waals surface area contributed by atoms with Crippen LogP contribution >= 0.6 is 11.3 Å². The molecule has 1 unspecified atom stereocenters. The molecule has 0 saturated heterocycles. The zero-order chi connectivity index (χ0) is 18.0. The van der Waals surface area contributed by atoms with Crippen molar-refractivity contribution in [2.75, 3.05) is 0 Å². The summed E-state index contributed by atoms with van der Waals surface area (Å²) in [5.74, 6) is -0.375. The standard InChI is InChI=1S/C19H17FN2O2S/c1-11(14-4-3-5-16(23)10-14)21-18(24)17-12(2)22-19(25-17)13-6-8-15(20)9-7-13/h3-11,23H,1-2H3,(H,21,24). The van der Waals surface area contributed by atoms with Crippen molar-refractivity contribution in [2.45, 2.75) is 19.9 Å². The number of nitrogens with zero attached hydrogens (tertiary/aromatic N) is 1. The van der Waals surface area contributed by atoms with E-state index in [9.17, 15) is 14.3 Å². The van der Waals surface area contributed by atoms with Gasteiger partial charge in [-0.25, -0.2) is 9.37 Å². The molecule has 0 saturated carbocycles. The number of amides is 1. The average Bonchev–Trinajstić information content (AvgIpc) is 2.97. The van der Waals surface area contributed by atoms with Gasteiger partial charge in [0.05, 0.1) is 11.7 Å². The van der Waals surface area contributed by atoms with Crippen LogP contribution < -0.4 is 5.32 Å². The lowest BCUT2D eigenvalue weighted by Gasteiger charge is -2.14. The molecular weight excluding hydrogens is 339 g/mol. The fourth-order valence-electron chi connectivity index (χ4n) is 2.46. The van der Waals surface area contributed by atoms with Crippen LogP contribution in [0.1, 0.15) is 33.9 Å². The monoisotopic (exact) mass is 356 g/mol. The van der Waals surface area contributed by atoms with E-state index in [2.05, 4.69) is 10.3 Å². The molecule has 25 heavy (non-hydrogen) atoms. The number of aryl methyl sites for hydroxylation is 1. The third-order valence-electron chi connectivity index (χ3n) is 3.81. The molecule has 0 radical (unpaired) electrons. The number of phenolic OH excluding ortho intramolecular Hbond substituents is 1. The Hall–Kier alpha value is -2.73. The summed E-state index contributed by atoms with van der Waals surface area (Å²) in [6, 6.07) is 12.6. The first-order chi connectivity index (χ1) is 11.9. The Balaban J connectivity index is 1.79. The number of carbonyl (C=O) groups excluding carboxylic acids is 1. The smallest absolute Gasteiger partial charge is 0.263 e. The second-order valence-electron chi connectivity index (χ2n) is 5.73. The molecule has 6 heteroatoms. The Kier molecular flexibility index (Phi) is 4.81. The summed E-state index contributed by atoms with van der Waals surface area (Å²) in [4.78, 5) is 17.5. The average molecular weight is 356 g/mol. The molecule has 1 atom stereocenters. The van der Waals surface area contributed by atoms with E-state index in [1.165, 1.54) is 23.5 Å². The highest BCUT2D eigenvalue weighted by atomic mass is 32.1. The minimum absolute atomic E-state index is 0.158. The summed E-state index contributed by atoms with van der Waals surface area (Å²) in [7, 11) is 0. The number of aromatic hydroxyl groups is 1. The first kappa shape index (κ1) is 17.1. The van der Waals surface area contributed by atoms with Crippen molar-refractivity contribution in [1.82, 2.24) is 10.3 Å². The predicted molar refractivity (Wildman–Crippen MR) is 96.2 cm³/mol. The first-order valence-electron chi connectivity index (χ1n) is 7.77. The van der Waals surface area contributed by atoms with E-state index in [1.807, 2.05) is 13.0 Å². The summed E-state index contributed by atoms with van der Waals surface area (Å²) in [6.07, 6.45) is 0. The van der Waals surface area contributed by atoms with E-state index in [1.54, 1.807) is 37.3 Å². The maximum absolute atomic E-state index is 13.0. The summed E-state index contributed by atoms with van der Waals surface area (Å²) in [5, 5.41) is 13.1. The third-order valence-corrected chi connectivity index (χ3v) is 5.02. The lowest BCUT2D eigenvalue weighted by Crippen LogP contribution is -2.26. The van der Waals surface area contributed by atoms with Crippen molar-refractivity contribution in [3.63, 3.8) is 0 Å². The third kappa shape index (κ3) is 3.85. The second-order valence-corrected chi connectivity index (χ2v) is 6.73. The Morgan fingerprint density at radius 2 is 1.96 bits per heavy atom. The zero-order valence-electron chi connectivity index (χ0n) is 13.8. The maximum Gasteiger partial charge on any atom is 0.263 e. The molecule has 0 aliphatic rings. The molecule has 0 fully saturated rings. The van der Waals surface area contributed by atoms with Gasteiger partial charge in [0, 0.05) is 5.56 Å². The van der Waals surface area contributed by atoms with Crippen LogP contribution in [0.25, 0.3) is 10.6 Å². The molecule has 0 aliphatic heterocycles. The maximum atomic E-state index is 13.0. The highest BCUT2D eigenvalue weighted by Crippen LogP contribution is 2.28. The van der Waals surface area contributed by atoms with Gasteiger partial charge in [0.2, 0.25) is 0 Å². The van der Waals surface area contributed by atoms with E-state index in [0.717, 1.165) is 11.1 Å². The van der Waals surface area contributed by atoms with E-state index >= 15 is 0 Å². The normalized spacial score (nSPS) is 12.0. The van der Waals surface area contributed by atoms with Gasteiger partial charge >= 0.3 is 0 Å². The highest BCUT2D eigenvalue weighted by Gasteiger charge is 2.18. The summed E-state index contributed by atoms with van der Waals surface area (Å²) in [6.45, 7) is 3.63. The summed E-state index contributed by atoms with van der Waals surface area (Å²) < 4.78 is 13.0. The van der Waals surface area contributed by atoms with Crippen LogP contribution in [0.2, 0.25) is 0 Å². The van der Waals surface area contributed by atoms with Gasteiger partial charge in [-0.2, -0.15) is 0 Å². The fraction of sp³-hybridized carbons (Fsp3) is 0.158. The van der Waals surface area contributed by atoms with Crippen molar-refractivity contribution in [3.8, 4) is 16.3 Å². The molecule has 3 rings (SSSR count). The lowest BCUT2D eigenvalue weighted by molar-refractivity contribution is 0.0943. The second kappa shape index (κ2) is 7.03. The van der Waals surface area contributed by atoms with Crippen molar-refractivity contribution >= 4 is 17.2 Å². The van der Waals surface area contributed by atoms with E-state index in [0.29, 0.717) is 15.6 Å². The number of benzene rings is 2. The Labute approximate surface area is 149 Å². The van der Waals surface area contributed by atoms with Crippen molar-refractivity contribution in [1.29, 1.82) is 0 Å². The lowest BCUT2D eigenvalue weighted by atomic mass is 10.1. The molecule has 2 aromatic carbocycles. The van der Waals surface area contributed by atoms with Gasteiger partial charge in [0.25, 0.3) is 5.91 Å². The molecule has 2 N–H and O–H groups in total. The quantitative estimate of drug-likeness (QED) is 0.726. The number of thiazole rings is 1. The number of hydrogen-bond donors (Lipinski definition) is 2. The SMILES string of the molecule is Cc1nc(-c2ccc(F)cc2)sc1C(=O)NC(C)c1cccc(O)c1. The fourth-order valence-corrected chi connectivity index (χ4v) is 3.44. The van der Waals surface area contributed by atoms with Gasteiger partial charge in [-0.3, -0.25) is 4.79 Å². The minimum Gasteiger partial charge on any atom is -0.508 e. The molecule has 1 aromatic heterocycles. The van der Waals surface area contributed by atoms with Gasteiger partial charge in [-0.15, -0.1) is 11.3 Å². The van der Waals surface area contributed by atoms with Crippen LogP contribution in [0.15, 0.2) is 48.5 Å². The Bertz CT molecular complexity index is 906. The molecule has 4 nitrogen and oxygen atoms in total. The summed E-state index contributed by atoms with van der Waals surface area (Å²) in [5.41, 5.74) is 2.22. The molecular formula is C19H17FN2O2S. The van der Waals surface area contributed by atoms with Gasteiger partial charge in [0.1, 0.15) is 21.5 Å². The number of hydrogen-bond acceptors (Lipinski definition) is 4. The first-order valence-corrected chi connectivity index (χ1v) is 8.59. The van der Waals surface area contributed by atoms with E-state index < -0.39 is 0 Å². The Morgan fingerprint density at radius 3 is 2.64 bits per heavy atom. The number of aromatic nitrogens is 1. The van der Waals surface area contributed by atoms with E-state index in [4.69, 9.17) is 0 Å². The van der Waals surface area contributed by atoms with Gasteiger partial charge in [0.15, 0.2) is 0 Å². The number of nitrogens with one attached hydrogen (secondary N) is 1. The van der Waals surface area contributed by atoms with Crippen LogP contribution in [0, 0.1) is 12.7 Å². The molecule has 1 amide bonds. The molecule has 1 heterocycles. The zero-order valence-corrected chi connectivity index (χ0v) is 14.6. The Morgan fingerprint density at radius 1 is 1.24 bits per heavy atom. The topological polar surface area (TPSA) is 62.2 Å². The summed E-state index contributed by atoms with van der Waals surface area (Å²) >= 11 is 1.27. The number of rotatable bonds is 4. The molecule has 0 aliphatic carbocycles. The van der Waals surface area contributed by atoms with Crippen molar-refractivity contribution in [2.24, 2.45) is 0 Å². The van der Waals surface area contributed by atoms with Crippen molar-refractivity contribution in [3.05, 3.63) is 70.5 Å². The molecule has 0 spiro atoms. The molecule has 0 bridgehead atoms. The van der Waals surface area contributed by atoms with Gasteiger partial charge < -0.3 is 10.4 Å². The van der Waals surface area contributed by atoms with Crippen LogP contribution in [-0.2, 0) is 0 Å². The largest absolute Gasteiger partial charge is 0.508 e. The van der Waals surface area contributed by atoms with Gasteiger partial charge in [-0.05, 0) is 55.8 Å². The highest BCUT2D eigenvalue weighted by molar-refractivity contribution is 7.17. The van der Waals surface area contributed by atoms with Crippen molar-refractivity contribution < 1.29 is 14.3 Å².